The molecule has 1 amide bonds. The summed E-state index contributed by atoms with van der Waals surface area (Å²) in [7, 11) is 0. The molecule has 2 aliphatic rings. The average molecular weight is 800 g/mol. The van der Waals surface area contributed by atoms with Crippen LogP contribution in [0.5, 0.6) is 5.75 Å². The number of anilines is 1. The summed E-state index contributed by atoms with van der Waals surface area (Å²) in [5.74, 6) is -1.73. The fourth-order valence-electron chi connectivity index (χ4n) is 6.28. The van der Waals surface area contributed by atoms with Crippen LogP contribution in [0.3, 0.4) is 0 Å². The van der Waals surface area contributed by atoms with Crippen molar-refractivity contribution in [2.24, 2.45) is 0 Å². The number of nitrogens with two attached hydrogens (primary N) is 1. The molecule has 0 unspecified atom stereocenters. The number of carbonyl (C=O) groups excluding carboxylic acids is 1. The van der Waals surface area contributed by atoms with Gasteiger partial charge in [-0.1, -0.05) is 40.2 Å². The fourth-order valence-corrected chi connectivity index (χ4v) is 6.77. The second-order valence-electron chi connectivity index (χ2n) is 12.5. The number of nitrogens with zero attached hydrogens (tertiary/aromatic N) is 3. The Bertz CT molecular complexity index is 1850. The van der Waals surface area contributed by atoms with E-state index in [4.69, 9.17) is 10.5 Å². The van der Waals surface area contributed by atoms with E-state index in [1.165, 1.54) is 19.0 Å². The molecule has 0 spiro atoms. The number of alkyl halides is 7. The van der Waals surface area contributed by atoms with Gasteiger partial charge in [-0.15, -0.1) is 0 Å². The topological polar surface area (TPSA) is 71.7 Å². The Morgan fingerprint density at radius 2 is 1.40 bits per heavy atom. The molecule has 0 aliphatic carbocycles. The first-order valence-electron chi connectivity index (χ1n) is 16.4. The number of ether oxygens (including phenoxy) is 1. The predicted molar refractivity (Wildman–Crippen MR) is 184 cm³/mol. The number of halogens is 9. The zero-order chi connectivity index (χ0) is 37.6. The number of benzene rings is 3. The van der Waals surface area contributed by atoms with Crippen molar-refractivity contribution in [1.29, 1.82) is 0 Å². The summed E-state index contributed by atoms with van der Waals surface area (Å²) in [6, 6.07) is 14.0. The van der Waals surface area contributed by atoms with Crippen LogP contribution in [0.15, 0.2) is 72.9 Å². The van der Waals surface area contributed by atoms with Crippen LogP contribution in [0.2, 0.25) is 0 Å². The Morgan fingerprint density at radius 1 is 0.808 bits per heavy atom. The maximum atomic E-state index is 13.4. The SMILES string of the molecule is Fc1ccc(CBr)c(C(F)(F)F)c1.Nc1ncc(-c2ccc(C(=O)N3CCC[C@@H]3CN3CCCC3)cc2)cc1OCc1ccc(F)cc1C(F)(F)F. The van der Waals surface area contributed by atoms with E-state index in [1.54, 1.807) is 30.3 Å². The highest BCUT2D eigenvalue weighted by Crippen LogP contribution is 2.35. The van der Waals surface area contributed by atoms with Crippen LogP contribution in [0.1, 0.15) is 58.3 Å². The third-order valence-corrected chi connectivity index (χ3v) is 9.54. The third kappa shape index (κ3) is 9.79. The standard InChI is InChI=1S/C29H30F4N4O2.C8H5BrF4/c30-23-10-9-21(25(15-23)29(31,32)33)18-39-26-14-22(16-35-27(26)34)19-5-7-20(8-6-19)28(38)37-13-3-4-24(37)17-36-11-1-2-12-36;9-4-5-1-2-6(10)3-7(5)8(11,12)13/h5-10,14-16,24H,1-4,11-13,17-18H2,(H2,34,35);1-3H,4H2/t24-;/m1./s1. The molecule has 0 bridgehead atoms. The number of carbonyl (C=O) groups is 1. The minimum absolute atomic E-state index is 0.0132. The molecule has 6 nitrogen and oxygen atoms in total. The molecular formula is C37H35BrF8N4O2. The number of likely N-dealkylation sites (tertiary alicyclic amines) is 2. The Balaban J connectivity index is 0.000000340. The number of hydrogen-bond donors (Lipinski definition) is 1. The quantitative estimate of drug-likeness (QED) is 0.142. The molecular weight excluding hydrogens is 764 g/mol. The fraction of sp³-hybridized carbons (Fsp3) is 0.351. The molecule has 3 aromatic carbocycles. The molecule has 2 saturated heterocycles. The minimum Gasteiger partial charge on any atom is -0.485 e. The Hall–Kier alpha value is -4.24. The molecule has 52 heavy (non-hydrogen) atoms. The molecule has 0 saturated carbocycles. The van der Waals surface area contributed by atoms with E-state index in [-0.39, 0.29) is 40.0 Å². The number of pyridine rings is 1. The molecule has 2 aliphatic heterocycles. The van der Waals surface area contributed by atoms with Crippen molar-refractivity contribution in [3.8, 4) is 16.9 Å². The summed E-state index contributed by atoms with van der Waals surface area (Å²) in [6.45, 7) is 3.41. The zero-order valence-corrected chi connectivity index (χ0v) is 29.3. The second-order valence-corrected chi connectivity index (χ2v) is 13.1. The van der Waals surface area contributed by atoms with Crippen molar-refractivity contribution in [2.75, 3.05) is 31.9 Å². The van der Waals surface area contributed by atoms with E-state index in [0.717, 1.165) is 68.8 Å². The molecule has 2 fully saturated rings. The Morgan fingerprint density at radius 3 is 2.00 bits per heavy atom. The molecule has 3 heterocycles. The van der Waals surface area contributed by atoms with Crippen LogP contribution in [-0.2, 0) is 24.3 Å². The molecule has 1 aromatic heterocycles. The van der Waals surface area contributed by atoms with Crippen LogP contribution in [0.25, 0.3) is 11.1 Å². The van der Waals surface area contributed by atoms with Gasteiger partial charge in [0.05, 0.1) is 11.1 Å². The van der Waals surface area contributed by atoms with Gasteiger partial charge in [0.2, 0.25) is 0 Å². The summed E-state index contributed by atoms with van der Waals surface area (Å²) < 4.78 is 108. The highest BCUT2D eigenvalue weighted by atomic mass is 79.9. The normalized spacial score (nSPS) is 16.5. The van der Waals surface area contributed by atoms with Gasteiger partial charge >= 0.3 is 12.4 Å². The van der Waals surface area contributed by atoms with Gasteiger partial charge in [0.25, 0.3) is 5.91 Å². The number of aromatic nitrogens is 1. The average Bonchev–Trinajstić information content (AvgIpc) is 3.80. The van der Waals surface area contributed by atoms with Crippen LogP contribution in [0, 0.1) is 11.6 Å². The molecule has 6 rings (SSSR count). The highest BCUT2D eigenvalue weighted by molar-refractivity contribution is 9.08. The summed E-state index contributed by atoms with van der Waals surface area (Å²) in [6.07, 6.45) is -3.23. The van der Waals surface area contributed by atoms with Crippen molar-refractivity contribution in [2.45, 2.75) is 56.0 Å². The lowest BCUT2D eigenvalue weighted by Gasteiger charge is -2.28. The molecule has 0 radical (unpaired) electrons. The van der Waals surface area contributed by atoms with Crippen molar-refractivity contribution in [3.63, 3.8) is 0 Å². The van der Waals surface area contributed by atoms with Crippen molar-refractivity contribution in [1.82, 2.24) is 14.8 Å². The van der Waals surface area contributed by atoms with Gasteiger partial charge in [0.15, 0.2) is 11.6 Å². The lowest BCUT2D eigenvalue weighted by atomic mass is 10.0. The Labute approximate surface area is 303 Å². The van der Waals surface area contributed by atoms with Crippen LogP contribution in [0.4, 0.5) is 40.9 Å². The van der Waals surface area contributed by atoms with Crippen LogP contribution < -0.4 is 10.5 Å². The Kier molecular flexibility index (Phi) is 12.5. The first-order valence-corrected chi connectivity index (χ1v) is 17.6. The van der Waals surface area contributed by atoms with Gasteiger partial charge in [0.1, 0.15) is 18.2 Å². The van der Waals surface area contributed by atoms with Crippen LogP contribution in [-0.4, -0.2) is 52.9 Å². The largest absolute Gasteiger partial charge is 0.485 e. The van der Waals surface area contributed by atoms with E-state index >= 15 is 0 Å². The number of nitrogen functional groups attached to an aromatic ring is 1. The van der Waals surface area contributed by atoms with Gasteiger partial charge in [-0.2, -0.15) is 26.3 Å². The maximum absolute atomic E-state index is 13.4. The summed E-state index contributed by atoms with van der Waals surface area (Å²) in [5, 5.41) is 0.0577. The molecule has 4 aromatic rings. The lowest BCUT2D eigenvalue weighted by Crippen LogP contribution is -2.42. The van der Waals surface area contributed by atoms with Crippen molar-refractivity contribution < 1.29 is 44.7 Å². The summed E-state index contributed by atoms with van der Waals surface area (Å²) >= 11 is 2.90. The minimum atomic E-state index is -4.73. The highest BCUT2D eigenvalue weighted by Gasteiger charge is 2.35. The number of rotatable bonds is 8. The van der Waals surface area contributed by atoms with Crippen LogP contribution >= 0.6 is 15.9 Å². The van der Waals surface area contributed by atoms with E-state index in [9.17, 15) is 39.9 Å². The maximum Gasteiger partial charge on any atom is 0.416 e. The lowest BCUT2D eigenvalue weighted by molar-refractivity contribution is -0.139. The number of hydrogen-bond acceptors (Lipinski definition) is 5. The van der Waals surface area contributed by atoms with E-state index in [0.29, 0.717) is 23.3 Å². The predicted octanol–water partition coefficient (Wildman–Crippen LogP) is 9.51. The number of amides is 1. The first-order chi connectivity index (χ1) is 24.6. The summed E-state index contributed by atoms with van der Waals surface area (Å²) in [5.41, 5.74) is 5.67. The van der Waals surface area contributed by atoms with Gasteiger partial charge < -0.3 is 20.3 Å². The molecule has 1 atom stereocenters. The monoisotopic (exact) mass is 798 g/mol. The second kappa shape index (κ2) is 16.6. The van der Waals surface area contributed by atoms with Gasteiger partial charge in [-0.3, -0.25) is 4.79 Å². The van der Waals surface area contributed by atoms with Crippen molar-refractivity contribution >= 4 is 27.7 Å². The molecule has 2 N–H and O–H groups in total. The molecule has 278 valence electrons. The smallest absolute Gasteiger partial charge is 0.416 e. The van der Waals surface area contributed by atoms with Gasteiger partial charge in [-0.05, 0) is 92.4 Å². The van der Waals surface area contributed by atoms with Gasteiger partial charge in [0, 0.05) is 47.3 Å². The third-order valence-electron chi connectivity index (χ3n) is 8.93. The van der Waals surface area contributed by atoms with Crippen molar-refractivity contribution in [3.05, 3.63) is 112 Å². The summed E-state index contributed by atoms with van der Waals surface area (Å²) in [4.78, 5) is 21.8. The first kappa shape index (κ1) is 39.0. The zero-order valence-electron chi connectivity index (χ0n) is 27.7. The van der Waals surface area contributed by atoms with E-state index in [2.05, 4.69) is 25.8 Å². The van der Waals surface area contributed by atoms with E-state index in [1.807, 2.05) is 4.90 Å². The molecule has 15 heteroatoms. The van der Waals surface area contributed by atoms with Gasteiger partial charge in [-0.25, -0.2) is 13.8 Å². The van der Waals surface area contributed by atoms with E-state index < -0.39 is 41.7 Å².